The summed E-state index contributed by atoms with van der Waals surface area (Å²) in [5.74, 6) is -0.225. The molecule has 128 valence electrons. The first-order valence-electron chi connectivity index (χ1n) is 8.03. The number of amides is 1. The van der Waals surface area contributed by atoms with Crippen LogP contribution in [0, 0.1) is 0 Å². The van der Waals surface area contributed by atoms with Crippen LogP contribution >= 0.6 is 0 Å². The number of carbonyl (C=O) groups is 1. The van der Waals surface area contributed by atoms with Crippen LogP contribution in [0.3, 0.4) is 0 Å². The van der Waals surface area contributed by atoms with E-state index >= 15 is 0 Å². The molecule has 0 unspecified atom stereocenters. The molecule has 0 saturated heterocycles. The molecule has 0 aliphatic carbocycles. The maximum Gasteiger partial charge on any atom is 0.251 e. The first-order valence-corrected chi connectivity index (χ1v) is 8.03. The first kappa shape index (κ1) is 18.1. The van der Waals surface area contributed by atoms with Gasteiger partial charge >= 0.3 is 0 Å². The molecule has 0 radical (unpaired) electrons. The molecule has 5 nitrogen and oxygen atoms in total. The van der Waals surface area contributed by atoms with Crippen molar-refractivity contribution < 1.29 is 15.0 Å². The van der Waals surface area contributed by atoms with Crippen molar-refractivity contribution in [2.75, 3.05) is 6.54 Å². The van der Waals surface area contributed by atoms with E-state index in [0.29, 0.717) is 17.5 Å². The topological polar surface area (TPSA) is 82.5 Å². The summed E-state index contributed by atoms with van der Waals surface area (Å²) in [6.45, 7) is 3.70. The van der Waals surface area contributed by atoms with Crippen LogP contribution in [-0.2, 0) is 6.42 Å². The Kier molecular flexibility index (Phi) is 6.06. The van der Waals surface area contributed by atoms with E-state index in [1.807, 2.05) is 12.1 Å². The van der Waals surface area contributed by atoms with Crippen molar-refractivity contribution in [1.82, 2.24) is 10.3 Å². The summed E-state index contributed by atoms with van der Waals surface area (Å²) < 4.78 is 0. The number of hydrogen-bond acceptors (Lipinski definition) is 4. The molecule has 0 fully saturated rings. The van der Waals surface area contributed by atoms with E-state index in [9.17, 15) is 15.0 Å². The molecule has 1 amide bonds. The van der Waals surface area contributed by atoms with Gasteiger partial charge in [-0.05, 0) is 62.1 Å². The summed E-state index contributed by atoms with van der Waals surface area (Å²) in [5, 5.41) is 22.5. The van der Waals surface area contributed by atoms with Crippen molar-refractivity contribution in [2.24, 2.45) is 0 Å². The fraction of sp³-hybridized carbons (Fsp3) is 0.368. The van der Waals surface area contributed by atoms with E-state index in [-0.39, 0.29) is 12.5 Å². The van der Waals surface area contributed by atoms with Gasteiger partial charge in [0.25, 0.3) is 5.91 Å². The van der Waals surface area contributed by atoms with Gasteiger partial charge < -0.3 is 15.5 Å². The van der Waals surface area contributed by atoms with Gasteiger partial charge in [0.15, 0.2) is 0 Å². The van der Waals surface area contributed by atoms with Crippen molar-refractivity contribution in [3.63, 3.8) is 0 Å². The van der Waals surface area contributed by atoms with Crippen LogP contribution < -0.4 is 5.32 Å². The van der Waals surface area contributed by atoms with Crippen LogP contribution in [0.5, 0.6) is 0 Å². The van der Waals surface area contributed by atoms with E-state index in [1.54, 1.807) is 50.5 Å². The number of nitrogens with zero attached hydrogens (tertiary/aromatic N) is 1. The summed E-state index contributed by atoms with van der Waals surface area (Å²) in [7, 11) is 0. The van der Waals surface area contributed by atoms with Crippen LogP contribution in [0.2, 0.25) is 0 Å². The fourth-order valence-corrected chi connectivity index (χ4v) is 2.27. The molecule has 0 aliphatic heterocycles. The lowest BCUT2D eigenvalue weighted by Gasteiger charge is -2.16. The third-order valence-electron chi connectivity index (χ3n) is 3.79. The lowest BCUT2D eigenvalue weighted by molar-refractivity contribution is 0.0713. The van der Waals surface area contributed by atoms with E-state index in [0.717, 1.165) is 12.0 Å². The predicted molar refractivity (Wildman–Crippen MR) is 92.6 cm³/mol. The summed E-state index contributed by atoms with van der Waals surface area (Å²) in [5.41, 5.74) is 1.64. The average molecular weight is 328 g/mol. The molecule has 5 heteroatoms. The minimum atomic E-state index is -0.761. The van der Waals surface area contributed by atoms with Gasteiger partial charge in [0.05, 0.1) is 11.7 Å². The molecule has 2 rings (SSSR count). The molecule has 1 aromatic carbocycles. The monoisotopic (exact) mass is 328 g/mol. The molecule has 1 aromatic heterocycles. The Bertz CT molecular complexity index is 649. The standard InChI is InChI=1S/C19H24N2O3/c1-19(2,24)10-7-14-3-5-16(6-4-14)18(23)21-13-17(22)15-8-11-20-12-9-15/h3-6,8-9,11-12,17,22,24H,7,10,13H2,1-2H3,(H,21,23)/t17-/m1/s1. The molecule has 0 bridgehead atoms. The fourth-order valence-electron chi connectivity index (χ4n) is 2.27. The van der Waals surface area contributed by atoms with Gasteiger partial charge in [-0.3, -0.25) is 9.78 Å². The Morgan fingerprint density at radius 2 is 1.79 bits per heavy atom. The van der Waals surface area contributed by atoms with Gasteiger partial charge in [-0.15, -0.1) is 0 Å². The van der Waals surface area contributed by atoms with Crippen molar-refractivity contribution in [3.8, 4) is 0 Å². The van der Waals surface area contributed by atoms with Gasteiger partial charge in [-0.25, -0.2) is 0 Å². The Morgan fingerprint density at radius 3 is 2.38 bits per heavy atom. The molecule has 2 aromatic rings. The van der Waals surface area contributed by atoms with Gasteiger partial charge in [0.2, 0.25) is 0 Å². The highest BCUT2D eigenvalue weighted by molar-refractivity contribution is 5.94. The molecule has 0 aliphatic rings. The quantitative estimate of drug-likeness (QED) is 0.728. The Morgan fingerprint density at radius 1 is 1.17 bits per heavy atom. The molecule has 0 saturated carbocycles. The molecule has 1 atom stereocenters. The van der Waals surface area contributed by atoms with E-state index in [4.69, 9.17) is 0 Å². The Labute approximate surface area is 142 Å². The third kappa shape index (κ3) is 5.76. The normalized spacial score (nSPS) is 12.7. The van der Waals surface area contributed by atoms with Gasteiger partial charge in [-0.1, -0.05) is 12.1 Å². The molecule has 24 heavy (non-hydrogen) atoms. The predicted octanol–water partition coefficient (Wildman–Crippen LogP) is 2.25. The number of pyridine rings is 1. The second kappa shape index (κ2) is 8.04. The SMILES string of the molecule is CC(C)(O)CCc1ccc(C(=O)NC[C@@H](O)c2ccncc2)cc1. The number of aryl methyl sites for hydroxylation is 1. The lowest BCUT2D eigenvalue weighted by atomic mass is 9.98. The van der Waals surface area contributed by atoms with Crippen molar-refractivity contribution in [2.45, 2.75) is 38.4 Å². The highest BCUT2D eigenvalue weighted by Gasteiger charge is 2.13. The minimum absolute atomic E-state index is 0.142. The minimum Gasteiger partial charge on any atom is -0.390 e. The van der Waals surface area contributed by atoms with E-state index in [1.165, 1.54) is 0 Å². The number of rotatable bonds is 7. The van der Waals surface area contributed by atoms with Gasteiger partial charge in [0, 0.05) is 24.5 Å². The third-order valence-corrected chi connectivity index (χ3v) is 3.79. The number of aliphatic hydroxyl groups excluding tert-OH is 1. The number of carbonyl (C=O) groups excluding carboxylic acids is 1. The second-order valence-corrected chi connectivity index (χ2v) is 6.52. The molecule has 0 spiro atoms. The zero-order valence-electron chi connectivity index (χ0n) is 14.1. The van der Waals surface area contributed by atoms with Crippen LogP contribution in [0.4, 0.5) is 0 Å². The highest BCUT2D eigenvalue weighted by atomic mass is 16.3. The Balaban J connectivity index is 1.86. The zero-order chi connectivity index (χ0) is 17.6. The Hall–Kier alpha value is -2.24. The number of hydrogen-bond donors (Lipinski definition) is 3. The van der Waals surface area contributed by atoms with Gasteiger partial charge in [-0.2, -0.15) is 0 Å². The van der Waals surface area contributed by atoms with Crippen LogP contribution in [-0.4, -0.2) is 33.3 Å². The van der Waals surface area contributed by atoms with E-state index in [2.05, 4.69) is 10.3 Å². The highest BCUT2D eigenvalue weighted by Crippen LogP contribution is 2.14. The first-order chi connectivity index (χ1) is 11.3. The second-order valence-electron chi connectivity index (χ2n) is 6.52. The van der Waals surface area contributed by atoms with Crippen molar-refractivity contribution >= 4 is 5.91 Å². The smallest absolute Gasteiger partial charge is 0.251 e. The number of nitrogens with one attached hydrogen (secondary N) is 1. The summed E-state index contributed by atoms with van der Waals surface area (Å²) in [6.07, 6.45) is 3.87. The molecule has 3 N–H and O–H groups in total. The van der Waals surface area contributed by atoms with Crippen LogP contribution in [0.15, 0.2) is 48.8 Å². The van der Waals surface area contributed by atoms with Crippen LogP contribution in [0.25, 0.3) is 0 Å². The lowest BCUT2D eigenvalue weighted by Crippen LogP contribution is -2.28. The summed E-state index contributed by atoms with van der Waals surface area (Å²) in [4.78, 5) is 16.0. The number of aromatic nitrogens is 1. The van der Waals surface area contributed by atoms with E-state index < -0.39 is 11.7 Å². The maximum atomic E-state index is 12.1. The van der Waals surface area contributed by atoms with Crippen molar-refractivity contribution in [3.05, 3.63) is 65.5 Å². The van der Waals surface area contributed by atoms with Crippen LogP contribution in [0.1, 0.15) is 47.9 Å². The molecular formula is C19H24N2O3. The zero-order valence-corrected chi connectivity index (χ0v) is 14.1. The van der Waals surface area contributed by atoms with Crippen molar-refractivity contribution in [1.29, 1.82) is 0 Å². The number of benzene rings is 1. The largest absolute Gasteiger partial charge is 0.390 e. The molecular weight excluding hydrogens is 304 g/mol. The number of aliphatic hydroxyl groups is 2. The van der Waals surface area contributed by atoms with Gasteiger partial charge in [0.1, 0.15) is 0 Å². The molecule has 1 heterocycles. The summed E-state index contributed by atoms with van der Waals surface area (Å²) in [6, 6.07) is 10.7. The average Bonchev–Trinajstić information content (AvgIpc) is 2.58. The maximum absolute atomic E-state index is 12.1. The summed E-state index contributed by atoms with van der Waals surface area (Å²) >= 11 is 0.